The van der Waals surface area contributed by atoms with Crippen molar-refractivity contribution in [1.82, 2.24) is 19.6 Å². The molecule has 0 saturated carbocycles. The lowest BCUT2D eigenvalue weighted by Gasteiger charge is -2.17. The van der Waals surface area contributed by atoms with Crippen LogP contribution in [0.1, 0.15) is 5.56 Å². The van der Waals surface area contributed by atoms with Gasteiger partial charge in [0.05, 0.1) is 12.2 Å². The average molecular weight is 314 g/mol. The fraction of sp³-hybridized carbons (Fsp3) is 0.529. The number of guanidine groups is 2. The first-order valence-corrected chi connectivity index (χ1v) is 8.12. The Kier molecular flexibility index (Phi) is 4.41. The van der Waals surface area contributed by atoms with Crippen LogP contribution in [-0.2, 0) is 6.54 Å². The molecule has 23 heavy (non-hydrogen) atoms. The molecule has 124 valence electrons. The number of likely N-dealkylation sites (N-methyl/N-ethyl adjacent to an activating group) is 4. The number of para-hydroxylation sites is 1. The Morgan fingerprint density at radius 3 is 1.91 bits per heavy atom. The van der Waals surface area contributed by atoms with Crippen molar-refractivity contribution in [2.45, 2.75) is 6.54 Å². The Morgan fingerprint density at radius 2 is 1.30 bits per heavy atom. The van der Waals surface area contributed by atoms with Crippen LogP contribution in [0.4, 0.5) is 5.69 Å². The number of benzene rings is 1. The van der Waals surface area contributed by atoms with Gasteiger partial charge in [-0.15, -0.1) is 0 Å². The van der Waals surface area contributed by atoms with Gasteiger partial charge in [-0.25, -0.2) is 9.98 Å². The summed E-state index contributed by atoms with van der Waals surface area (Å²) in [5, 5.41) is 0. The molecular weight excluding hydrogens is 288 g/mol. The van der Waals surface area contributed by atoms with Crippen molar-refractivity contribution in [1.29, 1.82) is 0 Å². The number of nitrogens with zero attached hydrogens (tertiary/aromatic N) is 6. The Morgan fingerprint density at radius 1 is 0.783 bits per heavy atom. The summed E-state index contributed by atoms with van der Waals surface area (Å²) < 4.78 is 0. The summed E-state index contributed by atoms with van der Waals surface area (Å²) in [7, 11) is 8.37. The largest absolute Gasteiger partial charge is 0.344 e. The minimum atomic E-state index is 0.657. The number of hydrogen-bond donors (Lipinski definition) is 0. The topological polar surface area (TPSA) is 37.7 Å². The highest BCUT2D eigenvalue weighted by atomic mass is 15.4. The average Bonchev–Trinajstić information content (AvgIpc) is 3.03. The van der Waals surface area contributed by atoms with Gasteiger partial charge < -0.3 is 19.6 Å². The number of rotatable bonds is 3. The maximum atomic E-state index is 4.88. The van der Waals surface area contributed by atoms with Gasteiger partial charge in [0.1, 0.15) is 0 Å². The molecule has 0 N–H and O–H groups in total. The zero-order chi connectivity index (χ0) is 16.4. The fourth-order valence-corrected chi connectivity index (χ4v) is 3.01. The molecule has 0 aromatic heterocycles. The van der Waals surface area contributed by atoms with Gasteiger partial charge in [-0.2, -0.15) is 0 Å². The summed E-state index contributed by atoms with van der Waals surface area (Å²) in [6.07, 6.45) is 0. The first-order valence-electron chi connectivity index (χ1n) is 8.12. The monoisotopic (exact) mass is 314 g/mol. The van der Waals surface area contributed by atoms with Crippen molar-refractivity contribution in [2.24, 2.45) is 9.98 Å². The van der Waals surface area contributed by atoms with E-state index in [1.54, 1.807) is 0 Å². The molecule has 2 aliphatic heterocycles. The Balaban J connectivity index is 1.84. The third-order valence-electron chi connectivity index (χ3n) is 4.51. The van der Waals surface area contributed by atoms with E-state index in [9.17, 15) is 0 Å². The van der Waals surface area contributed by atoms with E-state index < -0.39 is 0 Å². The smallest absolute Gasteiger partial charge is 0.201 e. The second-order valence-electron chi connectivity index (χ2n) is 6.34. The molecule has 0 aliphatic carbocycles. The van der Waals surface area contributed by atoms with Gasteiger partial charge in [0.25, 0.3) is 0 Å². The second kappa shape index (κ2) is 6.48. The third-order valence-corrected chi connectivity index (χ3v) is 4.51. The van der Waals surface area contributed by atoms with Crippen LogP contribution in [0.25, 0.3) is 0 Å². The molecule has 0 bridgehead atoms. The summed E-state index contributed by atoms with van der Waals surface area (Å²) in [6.45, 7) is 4.78. The molecule has 0 radical (unpaired) electrons. The van der Waals surface area contributed by atoms with Crippen molar-refractivity contribution < 1.29 is 0 Å². The zero-order valence-corrected chi connectivity index (χ0v) is 14.5. The van der Waals surface area contributed by atoms with Crippen molar-refractivity contribution in [2.75, 3.05) is 54.4 Å². The van der Waals surface area contributed by atoms with Gasteiger partial charge in [-0.3, -0.25) is 0 Å². The van der Waals surface area contributed by atoms with Crippen LogP contribution in [0.5, 0.6) is 0 Å². The van der Waals surface area contributed by atoms with Crippen LogP contribution < -0.4 is 0 Å². The molecule has 1 aromatic carbocycles. The van der Waals surface area contributed by atoms with Gasteiger partial charge in [-0.05, 0) is 11.6 Å². The Labute approximate surface area is 138 Å². The van der Waals surface area contributed by atoms with E-state index in [1.807, 2.05) is 6.07 Å². The predicted octanol–water partition coefficient (Wildman–Crippen LogP) is 1.28. The van der Waals surface area contributed by atoms with Crippen molar-refractivity contribution in [3.63, 3.8) is 0 Å². The first-order chi connectivity index (χ1) is 11.1. The van der Waals surface area contributed by atoms with E-state index in [-0.39, 0.29) is 0 Å². The summed E-state index contributed by atoms with van der Waals surface area (Å²) >= 11 is 0. The summed E-state index contributed by atoms with van der Waals surface area (Å²) in [4.78, 5) is 18.5. The quantitative estimate of drug-likeness (QED) is 0.842. The van der Waals surface area contributed by atoms with Crippen molar-refractivity contribution in [3.8, 4) is 0 Å². The Hall–Kier alpha value is -2.24. The Bertz CT molecular complexity index is 599. The number of aliphatic imine (C=N–C) groups is 2. The van der Waals surface area contributed by atoms with E-state index in [1.165, 1.54) is 0 Å². The van der Waals surface area contributed by atoms with Gasteiger partial charge in [-0.1, -0.05) is 18.2 Å². The van der Waals surface area contributed by atoms with Crippen LogP contribution >= 0.6 is 0 Å². The maximum Gasteiger partial charge on any atom is 0.201 e. The molecule has 0 amide bonds. The van der Waals surface area contributed by atoms with E-state index in [0.29, 0.717) is 6.54 Å². The molecule has 0 spiro atoms. The van der Waals surface area contributed by atoms with E-state index >= 15 is 0 Å². The molecular formula is C17H26N6. The van der Waals surface area contributed by atoms with Crippen molar-refractivity contribution in [3.05, 3.63) is 29.8 Å². The normalized spacial score (nSPS) is 18.3. The van der Waals surface area contributed by atoms with Gasteiger partial charge >= 0.3 is 0 Å². The molecule has 2 saturated heterocycles. The summed E-state index contributed by atoms with van der Waals surface area (Å²) in [6, 6.07) is 8.29. The number of hydrogen-bond acceptors (Lipinski definition) is 2. The lowest BCUT2D eigenvalue weighted by Crippen LogP contribution is -2.28. The maximum absolute atomic E-state index is 4.88. The van der Waals surface area contributed by atoms with Gasteiger partial charge in [0, 0.05) is 54.4 Å². The van der Waals surface area contributed by atoms with Gasteiger partial charge in [0.15, 0.2) is 5.96 Å². The molecule has 2 aliphatic rings. The summed E-state index contributed by atoms with van der Waals surface area (Å²) in [5.41, 5.74) is 2.17. The molecule has 6 nitrogen and oxygen atoms in total. The molecule has 3 rings (SSSR count). The highest BCUT2D eigenvalue weighted by molar-refractivity contribution is 5.84. The van der Waals surface area contributed by atoms with Crippen LogP contribution in [-0.4, -0.2) is 85.9 Å². The van der Waals surface area contributed by atoms with Crippen LogP contribution in [0.2, 0.25) is 0 Å². The fourth-order valence-electron chi connectivity index (χ4n) is 3.01. The van der Waals surface area contributed by atoms with Crippen LogP contribution in [0.3, 0.4) is 0 Å². The van der Waals surface area contributed by atoms with E-state index in [0.717, 1.165) is 49.3 Å². The zero-order valence-electron chi connectivity index (χ0n) is 14.5. The summed E-state index contributed by atoms with van der Waals surface area (Å²) in [5.74, 6) is 2.09. The van der Waals surface area contributed by atoms with E-state index in [2.05, 4.69) is 66.0 Å². The molecule has 6 heteroatoms. The second-order valence-corrected chi connectivity index (χ2v) is 6.34. The lowest BCUT2D eigenvalue weighted by molar-refractivity contribution is 0.553. The highest BCUT2D eigenvalue weighted by Gasteiger charge is 2.21. The molecule has 2 heterocycles. The molecule has 0 unspecified atom stereocenters. The highest BCUT2D eigenvalue weighted by Crippen LogP contribution is 2.22. The van der Waals surface area contributed by atoms with Crippen LogP contribution in [0.15, 0.2) is 34.3 Å². The first kappa shape index (κ1) is 15.6. The van der Waals surface area contributed by atoms with Crippen molar-refractivity contribution >= 4 is 17.6 Å². The molecule has 1 aromatic rings. The standard InChI is InChI=1S/C17H26N6/c1-20-9-10-21(2)16(20)18-13-14-7-5-6-8-15(14)19-17-22(3)11-12-23(17)4/h5-8H,9-13H2,1-4H3. The molecule has 2 fully saturated rings. The minimum absolute atomic E-state index is 0.657. The molecule has 0 atom stereocenters. The SMILES string of the molecule is CN1CCN(C)C1=NCc1ccccc1N=C1N(C)CCN1C. The van der Waals surface area contributed by atoms with E-state index in [4.69, 9.17) is 9.98 Å². The van der Waals surface area contributed by atoms with Gasteiger partial charge in [0.2, 0.25) is 5.96 Å². The minimum Gasteiger partial charge on any atom is -0.344 e. The predicted molar refractivity (Wildman–Crippen MR) is 95.2 cm³/mol. The third kappa shape index (κ3) is 3.25. The lowest BCUT2D eigenvalue weighted by atomic mass is 10.2. The van der Waals surface area contributed by atoms with Crippen LogP contribution in [0, 0.1) is 0 Å².